The molecule has 0 saturated carbocycles. The number of anilines is 1. The Labute approximate surface area is 100 Å². The molecule has 0 spiro atoms. The van der Waals surface area contributed by atoms with Gasteiger partial charge in [-0.25, -0.2) is 0 Å². The zero-order chi connectivity index (χ0) is 12.3. The van der Waals surface area contributed by atoms with Crippen LogP contribution in [0.2, 0.25) is 0 Å². The molecule has 0 bridgehead atoms. The van der Waals surface area contributed by atoms with Gasteiger partial charge in [-0.3, -0.25) is 9.59 Å². The van der Waals surface area contributed by atoms with Crippen LogP contribution in [0.1, 0.15) is 18.4 Å². The lowest BCUT2D eigenvalue weighted by Crippen LogP contribution is -2.39. The molecule has 0 unspecified atom stereocenters. The molecule has 0 aliphatic carbocycles. The van der Waals surface area contributed by atoms with Gasteiger partial charge in [-0.2, -0.15) is 0 Å². The Kier molecular flexibility index (Phi) is 3.54. The number of methoxy groups -OCH3 is 1. The summed E-state index contributed by atoms with van der Waals surface area (Å²) < 4.78 is 5.11. The molecule has 1 amide bonds. The van der Waals surface area contributed by atoms with Crippen molar-refractivity contribution in [3.63, 3.8) is 0 Å². The van der Waals surface area contributed by atoms with Crippen molar-refractivity contribution in [3.05, 3.63) is 29.8 Å². The molecule has 90 valence electrons. The number of carbonyl (C=O) groups excluding carboxylic acids is 2. The second kappa shape index (κ2) is 5.10. The minimum absolute atomic E-state index is 0.0152. The molecule has 17 heavy (non-hydrogen) atoms. The lowest BCUT2D eigenvalue weighted by Gasteiger charge is -2.28. The van der Waals surface area contributed by atoms with Crippen molar-refractivity contribution in [1.82, 2.24) is 0 Å². The van der Waals surface area contributed by atoms with Crippen molar-refractivity contribution in [3.8, 4) is 0 Å². The first-order valence-electron chi connectivity index (χ1n) is 5.61. The average molecular weight is 233 g/mol. The fraction of sp³-hybridized carbons (Fsp3) is 0.385. The molecule has 4 nitrogen and oxygen atoms in total. The summed E-state index contributed by atoms with van der Waals surface area (Å²) in [5.74, 6) is -0.0970. The highest BCUT2D eigenvalue weighted by Crippen LogP contribution is 2.24. The molecule has 0 atom stereocenters. The van der Waals surface area contributed by atoms with Crippen LogP contribution in [0.3, 0.4) is 0 Å². The van der Waals surface area contributed by atoms with Gasteiger partial charge in [-0.1, -0.05) is 18.2 Å². The van der Waals surface area contributed by atoms with Gasteiger partial charge in [0.25, 0.3) is 0 Å². The molecule has 0 N–H and O–H groups in total. The molecule has 1 fully saturated rings. The number of benzene rings is 1. The van der Waals surface area contributed by atoms with Gasteiger partial charge in [0.2, 0.25) is 5.91 Å². The van der Waals surface area contributed by atoms with Crippen LogP contribution >= 0.6 is 0 Å². The molecule has 1 aromatic rings. The summed E-state index contributed by atoms with van der Waals surface area (Å²) in [4.78, 5) is 24.7. The van der Waals surface area contributed by atoms with E-state index in [4.69, 9.17) is 4.74 Å². The Hall–Kier alpha value is -1.68. The normalized spacial score (nSPS) is 16.4. The summed E-state index contributed by atoms with van der Waals surface area (Å²) in [5.41, 5.74) is 1.82. The van der Waals surface area contributed by atoms with E-state index in [9.17, 15) is 9.59 Å². The summed E-state index contributed by atoms with van der Waals surface area (Å²) in [7, 11) is 1.62. The van der Waals surface area contributed by atoms with Gasteiger partial charge >= 0.3 is 0 Å². The van der Waals surface area contributed by atoms with Gasteiger partial charge in [0.15, 0.2) is 0 Å². The minimum atomic E-state index is -0.121. The van der Waals surface area contributed by atoms with E-state index in [1.54, 1.807) is 12.0 Å². The first-order valence-corrected chi connectivity index (χ1v) is 5.61. The van der Waals surface area contributed by atoms with Crippen molar-refractivity contribution in [2.24, 2.45) is 0 Å². The number of Topliss-reactive ketones (excluding diaryl/α,β-unsaturated/α-hetero) is 1. The van der Waals surface area contributed by atoms with Crippen LogP contribution in [-0.4, -0.2) is 25.3 Å². The molecule has 1 aromatic carbocycles. The van der Waals surface area contributed by atoms with Crippen molar-refractivity contribution in [1.29, 1.82) is 0 Å². The lowest BCUT2D eigenvalue weighted by atomic mass is 10.1. The Morgan fingerprint density at radius 3 is 2.76 bits per heavy atom. The predicted molar refractivity (Wildman–Crippen MR) is 63.7 cm³/mol. The smallest absolute Gasteiger partial charge is 0.234 e. The van der Waals surface area contributed by atoms with Crippen LogP contribution in [-0.2, 0) is 20.9 Å². The van der Waals surface area contributed by atoms with Gasteiger partial charge in [0.05, 0.1) is 13.0 Å². The summed E-state index contributed by atoms with van der Waals surface area (Å²) in [6, 6.07) is 7.63. The molecular weight excluding hydrogens is 218 g/mol. The molecule has 1 aliphatic heterocycles. The molecule has 1 aliphatic rings. The van der Waals surface area contributed by atoms with Crippen LogP contribution < -0.4 is 4.90 Å². The second-order valence-electron chi connectivity index (χ2n) is 4.07. The number of carbonyl (C=O) groups is 2. The lowest BCUT2D eigenvalue weighted by molar-refractivity contribution is -0.128. The second-order valence-corrected chi connectivity index (χ2v) is 4.07. The van der Waals surface area contributed by atoms with Crippen molar-refractivity contribution >= 4 is 17.4 Å². The number of piperidine rings is 1. The van der Waals surface area contributed by atoms with Crippen molar-refractivity contribution < 1.29 is 14.3 Å². The average Bonchev–Trinajstić information content (AvgIpc) is 2.31. The highest BCUT2D eigenvalue weighted by atomic mass is 16.5. The maximum atomic E-state index is 11.8. The quantitative estimate of drug-likeness (QED) is 0.744. The summed E-state index contributed by atoms with van der Waals surface area (Å²) in [6.07, 6.45) is 0.453. The molecule has 1 saturated heterocycles. The van der Waals surface area contributed by atoms with Gasteiger partial charge in [0, 0.05) is 31.3 Å². The van der Waals surface area contributed by atoms with Crippen LogP contribution in [0.25, 0.3) is 0 Å². The van der Waals surface area contributed by atoms with Crippen LogP contribution in [0, 0.1) is 0 Å². The topological polar surface area (TPSA) is 46.6 Å². The molecule has 2 rings (SSSR count). The van der Waals surface area contributed by atoms with E-state index in [0.29, 0.717) is 19.6 Å². The van der Waals surface area contributed by atoms with E-state index in [2.05, 4.69) is 0 Å². The van der Waals surface area contributed by atoms with Gasteiger partial charge in [-0.15, -0.1) is 0 Å². The highest BCUT2D eigenvalue weighted by Gasteiger charge is 2.25. The monoisotopic (exact) mass is 233 g/mol. The standard InChI is InChI=1S/C13H15NO3/c1-17-9-10-4-2-3-5-12(10)14-7-6-11(15)8-13(14)16/h2-5H,6-9H2,1H3. The number of rotatable bonds is 3. The van der Waals surface area contributed by atoms with E-state index >= 15 is 0 Å². The third kappa shape index (κ3) is 2.53. The molecule has 1 heterocycles. The van der Waals surface area contributed by atoms with Crippen LogP contribution in [0.4, 0.5) is 5.69 Å². The van der Waals surface area contributed by atoms with E-state index < -0.39 is 0 Å². The third-order valence-electron chi connectivity index (χ3n) is 2.85. The first-order chi connectivity index (χ1) is 8.22. The van der Waals surface area contributed by atoms with Gasteiger partial charge in [0.1, 0.15) is 5.78 Å². The van der Waals surface area contributed by atoms with Crippen molar-refractivity contribution in [2.75, 3.05) is 18.6 Å². The Bertz CT molecular complexity index is 442. The Balaban J connectivity index is 2.27. The maximum absolute atomic E-state index is 11.8. The fourth-order valence-electron chi connectivity index (χ4n) is 2.02. The number of hydrogen-bond acceptors (Lipinski definition) is 3. The van der Waals surface area contributed by atoms with E-state index in [-0.39, 0.29) is 18.1 Å². The highest BCUT2D eigenvalue weighted by molar-refractivity contribution is 6.08. The number of ether oxygens (including phenoxy) is 1. The maximum Gasteiger partial charge on any atom is 0.234 e. The first kappa shape index (κ1) is 11.8. The molecular formula is C13H15NO3. The van der Waals surface area contributed by atoms with Gasteiger partial charge in [-0.05, 0) is 6.07 Å². The van der Waals surface area contributed by atoms with E-state index in [1.807, 2.05) is 24.3 Å². The summed E-state index contributed by atoms with van der Waals surface area (Å²) in [6.45, 7) is 0.937. The van der Waals surface area contributed by atoms with Gasteiger partial charge < -0.3 is 9.64 Å². The zero-order valence-electron chi connectivity index (χ0n) is 9.81. The number of para-hydroxylation sites is 1. The van der Waals surface area contributed by atoms with Crippen LogP contribution in [0.5, 0.6) is 0 Å². The Morgan fingerprint density at radius 1 is 1.29 bits per heavy atom. The third-order valence-corrected chi connectivity index (χ3v) is 2.85. The molecule has 0 aromatic heterocycles. The zero-order valence-corrected chi connectivity index (χ0v) is 9.81. The SMILES string of the molecule is COCc1ccccc1N1CCC(=O)CC1=O. The van der Waals surface area contributed by atoms with Crippen molar-refractivity contribution in [2.45, 2.75) is 19.4 Å². The molecule has 0 radical (unpaired) electrons. The summed E-state index contributed by atoms with van der Waals surface area (Å²) in [5, 5.41) is 0. The van der Waals surface area contributed by atoms with E-state index in [0.717, 1.165) is 11.3 Å². The van der Waals surface area contributed by atoms with E-state index in [1.165, 1.54) is 0 Å². The number of amides is 1. The summed E-state index contributed by atoms with van der Waals surface area (Å²) >= 11 is 0. The fourth-order valence-corrected chi connectivity index (χ4v) is 2.02. The molecule has 4 heteroatoms. The Morgan fingerprint density at radius 2 is 2.06 bits per heavy atom. The number of ketones is 1. The van der Waals surface area contributed by atoms with Crippen LogP contribution in [0.15, 0.2) is 24.3 Å². The number of nitrogens with zero attached hydrogens (tertiary/aromatic N) is 1. The minimum Gasteiger partial charge on any atom is -0.380 e. The number of hydrogen-bond donors (Lipinski definition) is 0. The largest absolute Gasteiger partial charge is 0.380 e. The predicted octanol–water partition coefficient (Wildman–Crippen LogP) is 1.53.